The summed E-state index contributed by atoms with van der Waals surface area (Å²) < 4.78 is 0. The van der Waals surface area contributed by atoms with E-state index in [-0.39, 0.29) is 24.1 Å². The van der Waals surface area contributed by atoms with Gasteiger partial charge in [0.1, 0.15) is 6.04 Å². The molecule has 144 valence electrons. The number of rotatable bonds is 4. The SMILES string of the molecule is CC[C@@H]1CCCC[C@H]1Nc1ccc2c(c1)CN(C1CCC(=O)NC1=O)C2=O. The molecule has 3 atom stereocenters. The molecule has 6 nitrogen and oxygen atoms in total. The molecule has 2 N–H and O–H groups in total. The largest absolute Gasteiger partial charge is 0.382 e. The van der Waals surface area contributed by atoms with Crippen LogP contribution in [0.25, 0.3) is 0 Å². The van der Waals surface area contributed by atoms with Gasteiger partial charge >= 0.3 is 0 Å². The topological polar surface area (TPSA) is 78.5 Å². The Morgan fingerprint density at radius 2 is 1.96 bits per heavy atom. The molecule has 2 aliphatic heterocycles. The highest BCUT2D eigenvalue weighted by atomic mass is 16.2. The lowest BCUT2D eigenvalue weighted by molar-refractivity contribution is -0.136. The number of benzene rings is 1. The van der Waals surface area contributed by atoms with Crippen LogP contribution >= 0.6 is 0 Å². The molecule has 0 spiro atoms. The van der Waals surface area contributed by atoms with Gasteiger partial charge in [-0.3, -0.25) is 19.7 Å². The Bertz CT molecular complexity index is 776. The van der Waals surface area contributed by atoms with E-state index in [1.807, 2.05) is 12.1 Å². The van der Waals surface area contributed by atoms with Gasteiger partial charge in [-0.1, -0.05) is 26.2 Å². The van der Waals surface area contributed by atoms with E-state index in [0.29, 0.717) is 30.5 Å². The molecule has 1 aromatic carbocycles. The molecule has 0 aromatic heterocycles. The Morgan fingerprint density at radius 3 is 2.74 bits per heavy atom. The summed E-state index contributed by atoms with van der Waals surface area (Å²) in [7, 11) is 0. The lowest BCUT2D eigenvalue weighted by Crippen LogP contribution is -2.52. The lowest BCUT2D eigenvalue weighted by Gasteiger charge is -2.32. The van der Waals surface area contributed by atoms with Crippen molar-refractivity contribution in [3.63, 3.8) is 0 Å². The predicted octanol–water partition coefficient (Wildman–Crippen LogP) is 2.83. The van der Waals surface area contributed by atoms with E-state index >= 15 is 0 Å². The van der Waals surface area contributed by atoms with E-state index in [4.69, 9.17) is 0 Å². The summed E-state index contributed by atoms with van der Waals surface area (Å²) in [4.78, 5) is 37.9. The first kappa shape index (κ1) is 18.0. The molecule has 6 heteroatoms. The van der Waals surface area contributed by atoms with Gasteiger partial charge in [0.15, 0.2) is 0 Å². The molecule has 1 aromatic rings. The van der Waals surface area contributed by atoms with E-state index in [0.717, 1.165) is 11.3 Å². The van der Waals surface area contributed by atoms with Crippen LogP contribution in [0.5, 0.6) is 0 Å². The zero-order valence-corrected chi connectivity index (χ0v) is 15.8. The van der Waals surface area contributed by atoms with Crippen LogP contribution in [0.1, 0.15) is 67.8 Å². The first-order valence-electron chi connectivity index (χ1n) is 10.1. The van der Waals surface area contributed by atoms with E-state index in [9.17, 15) is 14.4 Å². The summed E-state index contributed by atoms with van der Waals surface area (Å²) in [6, 6.07) is 5.84. The van der Waals surface area contributed by atoms with Crippen molar-refractivity contribution in [2.45, 2.75) is 70.5 Å². The van der Waals surface area contributed by atoms with Gasteiger partial charge in [-0.05, 0) is 48.9 Å². The first-order chi connectivity index (χ1) is 13.1. The fourth-order valence-corrected chi connectivity index (χ4v) is 4.76. The number of anilines is 1. The Hall–Kier alpha value is -2.37. The number of hydrogen-bond acceptors (Lipinski definition) is 4. The zero-order chi connectivity index (χ0) is 19.0. The maximum absolute atomic E-state index is 12.8. The van der Waals surface area contributed by atoms with Crippen LogP contribution in [-0.2, 0) is 16.1 Å². The van der Waals surface area contributed by atoms with Crippen LogP contribution < -0.4 is 10.6 Å². The number of nitrogens with zero attached hydrogens (tertiary/aromatic N) is 1. The summed E-state index contributed by atoms with van der Waals surface area (Å²) >= 11 is 0. The smallest absolute Gasteiger partial charge is 0.255 e. The summed E-state index contributed by atoms with van der Waals surface area (Å²) in [6.07, 6.45) is 6.92. The summed E-state index contributed by atoms with van der Waals surface area (Å²) in [5, 5.41) is 6.03. The molecule has 3 aliphatic rings. The molecule has 1 aliphatic carbocycles. The van der Waals surface area contributed by atoms with Gasteiger partial charge in [-0.15, -0.1) is 0 Å². The van der Waals surface area contributed by atoms with Crippen LogP contribution in [0.4, 0.5) is 5.69 Å². The second-order valence-electron chi connectivity index (χ2n) is 7.98. The number of nitrogens with one attached hydrogen (secondary N) is 2. The third kappa shape index (κ3) is 3.45. The number of fused-ring (bicyclic) bond motifs is 1. The van der Waals surface area contributed by atoms with Crippen molar-refractivity contribution in [1.29, 1.82) is 0 Å². The minimum atomic E-state index is -0.554. The fourth-order valence-electron chi connectivity index (χ4n) is 4.76. The highest BCUT2D eigenvalue weighted by molar-refractivity contribution is 6.05. The van der Waals surface area contributed by atoms with E-state index in [1.54, 1.807) is 4.90 Å². The minimum absolute atomic E-state index is 0.116. The quantitative estimate of drug-likeness (QED) is 0.800. The van der Waals surface area contributed by atoms with E-state index in [1.165, 1.54) is 32.1 Å². The van der Waals surface area contributed by atoms with E-state index in [2.05, 4.69) is 23.6 Å². The van der Waals surface area contributed by atoms with E-state index < -0.39 is 6.04 Å². The number of imide groups is 1. The van der Waals surface area contributed by atoms with Crippen molar-refractivity contribution in [3.8, 4) is 0 Å². The van der Waals surface area contributed by atoms with Gasteiger partial charge in [-0.2, -0.15) is 0 Å². The Morgan fingerprint density at radius 1 is 1.15 bits per heavy atom. The minimum Gasteiger partial charge on any atom is -0.382 e. The van der Waals surface area contributed by atoms with Crippen LogP contribution in [0, 0.1) is 5.92 Å². The van der Waals surface area contributed by atoms with Crippen LogP contribution in [0.2, 0.25) is 0 Å². The van der Waals surface area contributed by atoms with Crippen LogP contribution in [0.3, 0.4) is 0 Å². The molecular weight excluding hydrogens is 342 g/mol. The molecule has 4 rings (SSSR count). The summed E-state index contributed by atoms with van der Waals surface area (Å²) in [6.45, 7) is 2.68. The van der Waals surface area contributed by atoms with Gasteiger partial charge in [0.2, 0.25) is 11.8 Å². The fraction of sp³-hybridized carbons (Fsp3) is 0.571. The van der Waals surface area contributed by atoms with Crippen molar-refractivity contribution in [2.24, 2.45) is 5.92 Å². The third-order valence-electron chi connectivity index (χ3n) is 6.31. The molecule has 2 heterocycles. The molecule has 0 radical (unpaired) electrons. The molecule has 3 amide bonds. The normalized spacial score (nSPS) is 28.1. The number of hydrogen-bond donors (Lipinski definition) is 2. The zero-order valence-electron chi connectivity index (χ0n) is 15.8. The van der Waals surface area contributed by atoms with Crippen molar-refractivity contribution in [2.75, 3.05) is 5.32 Å². The summed E-state index contributed by atoms with van der Waals surface area (Å²) in [5.41, 5.74) is 2.68. The van der Waals surface area contributed by atoms with Crippen molar-refractivity contribution in [3.05, 3.63) is 29.3 Å². The number of carbonyl (C=O) groups excluding carboxylic acids is 3. The molecule has 0 bridgehead atoms. The average molecular weight is 369 g/mol. The second kappa shape index (κ2) is 7.33. The Labute approximate surface area is 159 Å². The molecular formula is C21H27N3O3. The number of carbonyl (C=O) groups is 3. The maximum Gasteiger partial charge on any atom is 0.255 e. The molecule has 2 fully saturated rings. The van der Waals surface area contributed by atoms with Crippen molar-refractivity contribution in [1.82, 2.24) is 10.2 Å². The number of amides is 3. The standard InChI is InChI=1S/C21H27N3O3/c1-2-13-5-3-4-6-17(13)22-15-7-8-16-14(11-15)12-24(21(16)27)18-9-10-19(25)23-20(18)26/h7-8,11,13,17-18,22H,2-6,9-10,12H2,1H3,(H,23,25,26)/t13-,17-,18?/m1/s1. The van der Waals surface area contributed by atoms with Gasteiger partial charge in [0.05, 0.1) is 0 Å². The number of piperidine rings is 1. The molecule has 1 saturated heterocycles. The van der Waals surface area contributed by atoms with Gasteiger partial charge in [0.25, 0.3) is 5.91 Å². The van der Waals surface area contributed by atoms with Crippen molar-refractivity contribution < 1.29 is 14.4 Å². The molecule has 1 unspecified atom stereocenters. The Balaban J connectivity index is 1.49. The van der Waals surface area contributed by atoms with Crippen LogP contribution in [0.15, 0.2) is 18.2 Å². The molecule has 27 heavy (non-hydrogen) atoms. The summed E-state index contributed by atoms with van der Waals surface area (Å²) in [5.74, 6) is -0.0349. The van der Waals surface area contributed by atoms with Crippen LogP contribution in [-0.4, -0.2) is 34.7 Å². The molecule has 1 saturated carbocycles. The Kier molecular flexibility index (Phi) is 4.89. The monoisotopic (exact) mass is 369 g/mol. The maximum atomic E-state index is 12.8. The van der Waals surface area contributed by atoms with Gasteiger partial charge < -0.3 is 10.2 Å². The third-order valence-corrected chi connectivity index (χ3v) is 6.31. The lowest BCUT2D eigenvalue weighted by atomic mass is 9.83. The average Bonchev–Trinajstić information content (AvgIpc) is 2.98. The second-order valence-corrected chi connectivity index (χ2v) is 7.98. The van der Waals surface area contributed by atoms with Gasteiger partial charge in [0, 0.05) is 30.3 Å². The van der Waals surface area contributed by atoms with Crippen molar-refractivity contribution >= 4 is 23.4 Å². The first-order valence-corrected chi connectivity index (χ1v) is 10.1. The predicted molar refractivity (Wildman–Crippen MR) is 102 cm³/mol. The van der Waals surface area contributed by atoms with Gasteiger partial charge in [-0.25, -0.2) is 0 Å². The highest BCUT2D eigenvalue weighted by Gasteiger charge is 2.39. The highest BCUT2D eigenvalue weighted by Crippen LogP contribution is 2.32.